The Kier molecular flexibility index (Phi) is 4.32. The molecule has 122 valence electrons. The van der Waals surface area contributed by atoms with Gasteiger partial charge in [-0.1, -0.05) is 30.3 Å². The third-order valence-corrected chi connectivity index (χ3v) is 4.66. The molecule has 6 nitrogen and oxygen atoms in total. The van der Waals surface area contributed by atoms with E-state index in [1.807, 2.05) is 30.3 Å². The van der Waals surface area contributed by atoms with Crippen LogP contribution in [-0.2, 0) is 20.8 Å². The van der Waals surface area contributed by atoms with E-state index in [2.05, 4.69) is 0 Å². The molecule has 23 heavy (non-hydrogen) atoms. The smallest absolute Gasteiger partial charge is 0.308 e. The predicted molar refractivity (Wildman–Crippen MR) is 82.6 cm³/mol. The molecule has 2 amide bonds. The second kappa shape index (κ2) is 6.40. The molecule has 2 heterocycles. The summed E-state index contributed by atoms with van der Waals surface area (Å²) in [5, 5.41) is 9.05. The molecule has 0 aromatic heterocycles. The minimum atomic E-state index is -0.921. The number of rotatable bonds is 4. The van der Waals surface area contributed by atoms with Crippen LogP contribution in [-0.4, -0.2) is 58.4 Å². The van der Waals surface area contributed by atoms with Gasteiger partial charge in [0, 0.05) is 26.1 Å². The zero-order valence-corrected chi connectivity index (χ0v) is 12.9. The van der Waals surface area contributed by atoms with Crippen molar-refractivity contribution in [3.05, 3.63) is 35.9 Å². The second-order valence-electron chi connectivity index (χ2n) is 6.23. The third-order valence-electron chi connectivity index (χ3n) is 4.66. The third kappa shape index (κ3) is 3.36. The lowest BCUT2D eigenvalue weighted by Gasteiger charge is -2.24. The summed E-state index contributed by atoms with van der Waals surface area (Å²) in [5.74, 6) is -1.59. The summed E-state index contributed by atoms with van der Waals surface area (Å²) in [6.07, 6.45) is 1.15. The van der Waals surface area contributed by atoms with Gasteiger partial charge in [0.2, 0.25) is 11.8 Å². The van der Waals surface area contributed by atoms with Crippen molar-refractivity contribution in [2.75, 3.05) is 19.6 Å². The first-order valence-electron chi connectivity index (χ1n) is 7.88. The van der Waals surface area contributed by atoms with Gasteiger partial charge in [0.15, 0.2) is 0 Å². The van der Waals surface area contributed by atoms with Crippen LogP contribution in [0.1, 0.15) is 18.4 Å². The lowest BCUT2D eigenvalue weighted by molar-refractivity contribution is -0.141. The molecular weight excluding hydrogens is 296 g/mol. The Bertz CT molecular complexity index is 616. The van der Waals surface area contributed by atoms with Crippen LogP contribution in [0.25, 0.3) is 0 Å². The predicted octanol–water partition coefficient (Wildman–Crippen LogP) is 0.763. The summed E-state index contributed by atoms with van der Waals surface area (Å²) >= 11 is 0. The first-order chi connectivity index (χ1) is 11.0. The lowest BCUT2D eigenvalue weighted by Crippen LogP contribution is -2.40. The van der Waals surface area contributed by atoms with Crippen LogP contribution in [0, 0.1) is 5.92 Å². The topological polar surface area (TPSA) is 77.9 Å². The molecular formula is C17H20N2O4. The summed E-state index contributed by atoms with van der Waals surface area (Å²) in [6.45, 7) is 1.39. The summed E-state index contributed by atoms with van der Waals surface area (Å²) < 4.78 is 0. The maximum absolute atomic E-state index is 12.4. The molecule has 0 bridgehead atoms. The number of likely N-dealkylation sites (tertiary alicyclic amines) is 2. The highest BCUT2D eigenvalue weighted by Gasteiger charge is 2.40. The number of carboxylic acids is 1. The highest BCUT2D eigenvalue weighted by atomic mass is 16.4. The van der Waals surface area contributed by atoms with Crippen molar-refractivity contribution in [2.45, 2.75) is 25.3 Å². The van der Waals surface area contributed by atoms with Crippen LogP contribution in [0.2, 0.25) is 0 Å². The van der Waals surface area contributed by atoms with Crippen LogP contribution in [0.3, 0.4) is 0 Å². The SMILES string of the molecule is O=C(O)C1CC(=O)N(C2CCN(C(=O)Cc3ccccc3)C2)C1. The van der Waals surface area contributed by atoms with Crippen molar-refractivity contribution in [2.24, 2.45) is 5.92 Å². The van der Waals surface area contributed by atoms with Gasteiger partial charge in [-0.3, -0.25) is 14.4 Å². The number of hydrogen-bond acceptors (Lipinski definition) is 3. The quantitative estimate of drug-likeness (QED) is 0.890. The number of carbonyl (C=O) groups excluding carboxylic acids is 2. The Labute approximate surface area is 134 Å². The minimum Gasteiger partial charge on any atom is -0.481 e. The fourth-order valence-corrected chi connectivity index (χ4v) is 3.35. The Morgan fingerprint density at radius 1 is 1.17 bits per heavy atom. The van der Waals surface area contributed by atoms with Gasteiger partial charge in [-0.25, -0.2) is 0 Å². The van der Waals surface area contributed by atoms with Crippen molar-refractivity contribution in [1.29, 1.82) is 0 Å². The van der Waals surface area contributed by atoms with Crippen LogP contribution in [0.4, 0.5) is 0 Å². The fourth-order valence-electron chi connectivity index (χ4n) is 3.35. The zero-order chi connectivity index (χ0) is 16.4. The first kappa shape index (κ1) is 15.5. The molecule has 1 aromatic rings. The monoisotopic (exact) mass is 316 g/mol. The standard InChI is InChI=1S/C17H20N2O4/c20-15(8-12-4-2-1-3-5-12)18-7-6-14(11-18)19-10-13(17(22)23)9-16(19)21/h1-5,13-14H,6-11H2,(H,22,23). The Balaban J connectivity index is 1.57. The number of benzene rings is 1. The number of hydrogen-bond donors (Lipinski definition) is 1. The Hall–Kier alpha value is -2.37. The number of amides is 2. The highest BCUT2D eigenvalue weighted by Crippen LogP contribution is 2.25. The van der Waals surface area contributed by atoms with Gasteiger partial charge < -0.3 is 14.9 Å². The Morgan fingerprint density at radius 3 is 2.57 bits per heavy atom. The molecule has 0 spiro atoms. The highest BCUT2D eigenvalue weighted by molar-refractivity contribution is 5.86. The molecule has 0 saturated carbocycles. The molecule has 2 saturated heterocycles. The van der Waals surface area contributed by atoms with Crippen LogP contribution >= 0.6 is 0 Å². The second-order valence-corrected chi connectivity index (χ2v) is 6.23. The maximum Gasteiger partial charge on any atom is 0.308 e. The largest absolute Gasteiger partial charge is 0.481 e. The van der Waals surface area contributed by atoms with E-state index in [1.165, 1.54) is 0 Å². The van der Waals surface area contributed by atoms with E-state index in [0.717, 1.165) is 12.0 Å². The molecule has 2 aliphatic heterocycles. The van der Waals surface area contributed by atoms with Gasteiger partial charge >= 0.3 is 5.97 Å². The van der Waals surface area contributed by atoms with E-state index in [9.17, 15) is 14.4 Å². The molecule has 2 fully saturated rings. The number of nitrogens with zero attached hydrogens (tertiary/aromatic N) is 2. The van der Waals surface area contributed by atoms with E-state index >= 15 is 0 Å². The van der Waals surface area contributed by atoms with Gasteiger partial charge in [-0.2, -0.15) is 0 Å². The first-order valence-corrected chi connectivity index (χ1v) is 7.88. The van der Waals surface area contributed by atoms with E-state index in [4.69, 9.17) is 5.11 Å². The minimum absolute atomic E-state index is 0.0495. The molecule has 0 radical (unpaired) electrons. The molecule has 1 N–H and O–H groups in total. The van der Waals surface area contributed by atoms with Crippen LogP contribution < -0.4 is 0 Å². The molecule has 6 heteroatoms. The molecule has 1 aromatic carbocycles. The molecule has 2 unspecified atom stereocenters. The summed E-state index contributed by atoms with van der Waals surface area (Å²) in [4.78, 5) is 38.8. The molecule has 3 rings (SSSR count). The fraction of sp³-hybridized carbons (Fsp3) is 0.471. The van der Waals surface area contributed by atoms with E-state index in [0.29, 0.717) is 19.5 Å². The van der Waals surface area contributed by atoms with E-state index in [1.54, 1.807) is 9.80 Å². The summed E-state index contributed by atoms with van der Waals surface area (Å²) in [7, 11) is 0. The average molecular weight is 316 g/mol. The van der Waals surface area contributed by atoms with Crippen molar-refractivity contribution >= 4 is 17.8 Å². The van der Waals surface area contributed by atoms with Gasteiger partial charge in [-0.05, 0) is 12.0 Å². The van der Waals surface area contributed by atoms with Crippen molar-refractivity contribution in [3.63, 3.8) is 0 Å². The summed E-state index contributed by atoms with van der Waals surface area (Å²) in [5.41, 5.74) is 0.976. The van der Waals surface area contributed by atoms with Gasteiger partial charge in [0.1, 0.15) is 0 Å². The van der Waals surface area contributed by atoms with Crippen molar-refractivity contribution in [1.82, 2.24) is 9.80 Å². The van der Waals surface area contributed by atoms with Crippen molar-refractivity contribution < 1.29 is 19.5 Å². The molecule has 0 aliphatic carbocycles. The van der Waals surface area contributed by atoms with Crippen LogP contribution in [0.15, 0.2) is 30.3 Å². The van der Waals surface area contributed by atoms with Crippen LogP contribution in [0.5, 0.6) is 0 Å². The van der Waals surface area contributed by atoms with Crippen molar-refractivity contribution in [3.8, 4) is 0 Å². The van der Waals surface area contributed by atoms with E-state index in [-0.39, 0.29) is 30.8 Å². The van der Waals surface area contributed by atoms with Gasteiger partial charge in [-0.15, -0.1) is 0 Å². The zero-order valence-electron chi connectivity index (χ0n) is 12.9. The normalized spacial score (nSPS) is 24.3. The van der Waals surface area contributed by atoms with E-state index < -0.39 is 11.9 Å². The molecule has 2 aliphatic rings. The number of aliphatic carboxylic acids is 1. The lowest BCUT2D eigenvalue weighted by atomic mass is 10.1. The summed E-state index contributed by atoms with van der Waals surface area (Å²) in [6, 6.07) is 9.53. The average Bonchev–Trinajstić information content (AvgIpc) is 3.14. The van der Waals surface area contributed by atoms with Gasteiger partial charge in [0.25, 0.3) is 0 Å². The Morgan fingerprint density at radius 2 is 1.91 bits per heavy atom. The maximum atomic E-state index is 12.4. The molecule has 2 atom stereocenters. The number of carboxylic acid groups (broad SMARTS) is 1. The van der Waals surface area contributed by atoms with Gasteiger partial charge in [0.05, 0.1) is 18.4 Å². The number of carbonyl (C=O) groups is 3.